The molecule has 1 N–H and O–H groups in total. The summed E-state index contributed by atoms with van der Waals surface area (Å²) in [5.74, 6) is 2.85. The molecule has 0 saturated heterocycles. The van der Waals surface area contributed by atoms with E-state index in [2.05, 4.69) is 5.32 Å². The van der Waals surface area contributed by atoms with Crippen molar-refractivity contribution in [3.05, 3.63) is 24.2 Å². The van der Waals surface area contributed by atoms with Crippen molar-refractivity contribution in [2.75, 3.05) is 6.54 Å². The fourth-order valence-electron chi connectivity index (χ4n) is 3.35. The number of nitrogens with one attached hydrogen (secondary N) is 1. The van der Waals surface area contributed by atoms with Gasteiger partial charge in [-0.2, -0.15) is 0 Å². The Morgan fingerprint density at radius 3 is 3.00 bits per heavy atom. The first-order chi connectivity index (χ1) is 7.83. The first kappa shape index (κ1) is 9.94. The van der Waals surface area contributed by atoms with Crippen molar-refractivity contribution in [2.24, 2.45) is 17.8 Å². The Kier molecular flexibility index (Phi) is 2.46. The third kappa shape index (κ3) is 1.75. The Bertz CT molecular complexity index is 371. The van der Waals surface area contributed by atoms with Crippen LogP contribution in [-0.2, 0) is 0 Å². The minimum absolute atomic E-state index is 0.0761. The predicted molar refractivity (Wildman–Crippen MR) is 60.0 cm³/mol. The van der Waals surface area contributed by atoms with Crippen molar-refractivity contribution in [2.45, 2.75) is 25.7 Å². The van der Waals surface area contributed by atoms with Crippen LogP contribution in [0.1, 0.15) is 36.2 Å². The van der Waals surface area contributed by atoms with Gasteiger partial charge in [0.15, 0.2) is 5.76 Å². The number of amides is 1. The number of fused-ring (bicyclic) bond motifs is 2. The molecule has 1 aromatic rings. The smallest absolute Gasteiger partial charge is 0.286 e. The standard InChI is InChI=1S/C13H17NO2/c15-13(12-2-1-5-16-12)14-8-11-7-9-3-4-10(11)6-9/h1-2,5,9-11H,3-4,6-8H2,(H,14,15)/t9-,10-,11+/m1/s1. The van der Waals surface area contributed by atoms with Crippen LogP contribution in [0.15, 0.2) is 22.8 Å². The topological polar surface area (TPSA) is 42.2 Å². The molecule has 0 aromatic carbocycles. The number of rotatable bonds is 3. The number of furan rings is 1. The molecular weight excluding hydrogens is 202 g/mol. The molecule has 1 amide bonds. The maximum absolute atomic E-state index is 11.7. The molecule has 16 heavy (non-hydrogen) atoms. The molecule has 2 aliphatic rings. The highest BCUT2D eigenvalue weighted by atomic mass is 16.3. The molecule has 2 aliphatic carbocycles. The molecule has 3 atom stereocenters. The van der Waals surface area contributed by atoms with Gasteiger partial charge in [-0.3, -0.25) is 4.79 Å². The van der Waals surface area contributed by atoms with E-state index in [9.17, 15) is 4.79 Å². The maximum Gasteiger partial charge on any atom is 0.286 e. The Balaban J connectivity index is 1.52. The van der Waals surface area contributed by atoms with Gasteiger partial charge in [-0.15, -0.1) is 0 Å². The lowest BCUT2D eigenvalue weighted by atomic mass is 9.89. The van der Waals surface area contributed by atoms with Gasteiger partial charge >= 0.3 is 0 Å². The van der Waals surface area contributed by atoms with Gasteiger partial charge in [0.2, 0.25) is 0 Å². The summed E-state index contributed by atoms with van der Waals surface area (Å²) in [6.07, 6.45) is 7.01. The lowest BCUT2D eigenvalue weighted by Gasteiger charge is -2.21. The summed E-state index contributed by atoms with van der Waals surface area (Å²) in [6, 6.07) is 3.45. The molecule has 1 heterocycles. The van der Waals surface area contributed by atoms with E-state index < -0.39 is 0 Å². The molecule has 2 fully saturated rings. The van der Waals surface area contributed by atoms with E-state index in [1.807, 2.05) is 0 Å². The SMILES string of the molecule is O=C(NC[C@@H]1C[C@@H]2CC[C@@H]1C2)c1ccco1. The van der Waals surface area contributed by atoms with Gasteiger partial charge in [0, 0.05) is 6.54 Å². The van der Waals surface area contributed by atoms with E-state index >= 15 is 0 Å². The first-order valence-corrected chi connectivity index (χ1v) is 6.14. The number of carbonyl (C=O) groups excluding carboxylic acids is 1. The van der Waals surface area contributed by atoms with E-state index in [1.165, 1.54) is 31.9 Å². The zero-order valence-electron chi connectivity index (χ0n) is 9.32. The molecule has 0 spiro atoms. The van der Waals surface area contributed by atoms with Crippen molar-refractivity contribution in [3.63, 3.8) is 0 Å². The minimum atomic E-state index is -0.0761. The first-order valence-electron chi connectivity index (χ1n) is 6.14. The zero-order chi connectivity index (χ0) is 11.0. The predicted octanol–water partition coefficient (Wildman–Crippen LogP) is 2.45. The second-order valence-electron chi connectivity index (χ2n) is 5.12. The molecule has 3 nitrogen and oxygen atoms in total. The molecule has 2 saturated carbocycles. The normalized spacial score (nSPS) is 31.9. The Labute approximate surface area is 95.2 Å². The number of hydrogen-bond acceptors (Lipinski definition) is 2. The third-order valence-corrected chi connectivity index (χ3v) is 4.15. The van der Waals surface area contributed by atoms with Gasteiger partial charge in [0.05, 0.1) is 6.26 Å². The molecule has 86 valence electrons. The van der Waals surface area contributed by atoms with Gasteiger partial charge in [-0.1, -0.05) is 6.42 Å². The highest BCUT2D eigenvalue weighted by molar-refractivity contribution is 5.91. The lowest BCUT2D eigenvalue weighted by Crippen LogP contribution is -2.31. The summed E-state index contributed by atoms with van der Waals surface area (Å²) in [5.41, 5.74) is 0. The highest BCUT2D eigenvalue weighted by Crippen LogP contribution is 2.47. The van der Waals surface area contributed by atoms with Crippen LogP contribution in [0.3, 0.4) is 0 Å². The summed E-state index contributed by atoms with van der Waals surface area (Å²) in [5, 5.41) is 2.98. The van der Waals surface area contributed by atoms with E-state index in [-0.39, 0.29) is 5.91 Å². The summed E-state index contributed by atoms with van der Waals surface area (Å²) < 4.78 is 5.06. The van der Waals surface area contributed by atoms with Gasteiger partial charge in [0.1, 0.15) is 0 Å². The average Bonchev–Trinajstić information content (AvgIpc) is 3.01. The summed E-state index contributed by atoms with van der Waals surface area (Å²) in [4.78, 5) is 11.7. The molecule has 0 radical (unpaired) electrons. The van der Waals surface area contributed by atoms with Crippen molar-refractivity contribution >= 4 is 5.91 Å². The van der Waals surface area contributed by atoms with Crippen molar-refractivity contribution in [1.82, 2.24) is 5.32 Å². The summed E-state index contributed by atoms with van der Waals surface area (Å²) >= 11 is 0. The van der Waals surface area contributed by atoms with Crippen LogP contribution in [0.2, 0.25) is 0 Å². The maximum atomic E-state index is 11.7. The number of hydrogen-bond donors (Lipinski definition) is 1. The van der Waals surface area contributed by atoms with E-state index in [0.29, 0.717) is 11.7 Å². The molecule has 0 aliphatic heterocycles. The van der Waals surface area contributed by atoms with Gasteiger partial charge in [-0.05, 0) is 49.1 Å². The molecule has 1 aromatic heterocycles. The zero-order valence-corrected chi connectivity index (χ0v) is 9.32. The summed E-state index contributed by atoms with van der Waals surface area (Å²) in [6.45, 7) is 0.820. The van der Waals surface area contributed by atoms with Crippen LogP contribution in [0, 0.1) is 17.8 Å². The summed E-state index contributed by atoms with van der Waals surface area (Å²) in [7, 11) is 0. The largest absolute Gasteiger partial charge is 0.459 e. The molecule has 3 heteroatoms. The molecule has 2 bridgehead atoms. The van der Waals surface area contributed by atoms with Gasteiger partial charge in [-0.25, -0.2) is 0 Å². The van der Waals surface area contributed by atoms with Gasteiger partial charge in [0.25, 0.3) is 5.91 Å². The van der Waals surface area contributed by atoms with Gasteiger partial charge < -0.3 is 9.73 Å². The second kappa shape index (κ2) is 3.96. The quantitative estimate of drug-likeness (QED) is 0.848. The number of carbonyl (C=O) groups is 1. The van der Waals surface area contributed by atoms with E-state index in [0.717, 1.165) is 18.4 Å². The van der Waals surface area contributed by atoms with Crippen molar-refractivity contribution in [1.29, 1.82) is 0 Å². The molecular formula is C13H17NO2. The molecule has 0 unspecified atom stereocenters. The Morgan fingerprint density at radius 1 is 1.44 bits per heavy atom. The van der Waals surface area contributed by atoms with Crippen molar-refractivity contribution < 1.29 is 9.21 Å². The van der Waals surface area contributed by atoms with Crippen LogP contribution in [0.25, 0.3) is 0 Å². The lowest BCUT2D eigenvalue weighted by molar-refractivity contribution is 0.0914. The minimum Gasteiger partial charge on any atom is -0.459 e. The van der Waals surface area contributed by atoms with Crippen molar-refractivity contribution in [3.8, 4) is 0 Å². The van der Waals surface area contributed by atoms with E-state index in [4.69, 9.17) is 4.42 Å². The third-order valence-electron chi connectivity index (χ3n) is 4.15. The highest BCUT2D eigenvalue weighted by Gasteiger charge is 2.39. The molecule has 3 rings (SSSR count). The average molecular weight is 219 g/mol. The van der Waals surface area contributed by atoms with E-state index in [1.54, 1.807) is 12.1 Å². The van der Waals surface area contributed by atoms with Crippen LogP contribution >= 0.6 is 0 Å². The van der Waals surface area contributed by atoms with Crippen LogP contribution < -0.4 is 5.32 Å². The fourth-order valence-corrected chi connectivity index (χ4v) is 3.35. The monoisotopic (exact) mass is 219 g/mol. The van der Waals surface area contributed by atoms with Crippen LogP contribution in [0.4, 0.5) is 0 Å². The Hall–Kier alpha value is -1.25. The van der Waals surface area contributed by atoms with Crippen LogP contribution in [-0.4, -0.2) is 12.5 Å². The fraction of sp³-hybridized carbons (Fsp3) is 0.615. The van der Waals surface area contributed by atoms with Crippen LogP contribution in [0.5, 0.6) is 0 Å². The Morgan fingerprint density at radius 2 is 2.38 bits per heavy atom. The second-order valence-corrected chi connectivity index (χ2v) is 5.12.